The van der Waals surface area contributed by atoms with E-state index in [-0.39, 0.29) is 23.7 Å². The van der Waals surface area contributed by atoms with Crippen LogP contribution in [0.25, 0.3) is 0 Å². The normalized spacial score (nSPS) is 27.4. The first-order chi connectivity index (χ1) is 9.86. The molecule has 0 aliphatic heterocycles. The molecule has 2 N–H and O–H groups in total. The van der Waals surface area contributed by atoms with Crippen molar-refractivity contribution in [3.8, 4) is 0 Å². The monoisotopic (exact) mass is 291 g/mol. The summed E-state index contributed by atoms with van der Waals surface area (Å²) >= 11 is 0. The van der Waals surface area contributed by atoms with E-state index in [1.807, 2.05) is 6.92 Å². The fraction of sp³-hybridized carbons (Fsp3) is 0.667. The quantitative estimate of drug-likeness (QED) is 0.846. The molecule has 2 rings (SSSR count). The minimum atomic E-state index is -0.244. The van der Waals surface area contributed by atoms with Gasteiger partial charge in [-0.25, -0.2) is 0 Å². The van der Waals surface area contributed by atoms with Crippen molar-refractivity contribution in [3.63, 3.8) is 0 Å². The minimum absolute atomic E-state index is 0.0580. The maximum Gasteiger partial charge on any atom is 0.0663 e. The Labute approximate surface area is 128 Å². The van der Waals surface area contributed by atoms with Crippen LogP contribution in [0.5, 0.6) is 0 Å². The molecule has 1 saturated carbocycles. The summed E-state index contributed by atoms with van der Waals surface area (Å²) in [7, 11) is 0. The molecule has 0 bridgehead atoms. The standard InChI is InChI=1S/C18H29NO2/c1-6-21-16-10-18(12-20,17(16,4)5)19-11-15-8-7-13(2)14(3)9-15/h7-9,16,19-20H,6,10-12H2,1-5H3/t16-,18-/m1/s1. The van der Waals surface area contributed by atoms with Gasteiger partial charge in [0.05, 0.1) is 18.2 Å². The second-order valence-electron chi connectivity index (χ2n) is 6.88. The van der Waals surface area contributed by atoms with E-state index in [1.54, 1.807) is 0 Å². The average molecular weight is 291 g/mol. The highest BCUT2D eigenvalue weighted by molar-refractivity contribution is 5.30. The Morgan fingerprint density at radius 1 is 1.29 bits per heavy atom. The van der Waals surface area contributed by atoms with Crippen LogP contribution in [-0.2, 0) is 11.3 Å². The summed E-state index contributed by atoms with van der Waals surface area (Å²) in [5.41, 5.74) is 3.59. The van der Waals surface area contributed by atoms with Crippen molar-refractivity contribution in [1.82, 2.24) is 5.32 Å². The first-order valence-electron chi connectivity index (χ1n) is 7.90. The lowest BCUT2D eigenvalue weighted by Crippen LogP contribution is -2.73. The summed E-state index contributed by atoms with van der Waals surface area (Å²) in [5.74, 6) is 0. The molecule has 3 heteroatoms. The van der Waals surface area contributed by atoms with E-state index in [1.165, 1.54) is 16.7 Å². The number of aliphatic hydroxyl groups excluding tert-OH is 1. The van der Waals surface area contributed by atoms with Crippen LogP contribution < -0.4 is 5.32 Å². The number of hydrogen-bond donors (Lipinski definition) is 2. The first-order valence-corrected chi connectivity index (χ1v) is 7.90. The van der Waals surface area contributed by atoms with Gasteiger partial charge in [0.25, 0.3) is 0 Å². The van der Waals surface area contributed by atoms with Gasteiger partial charge in [-0.1, -0.05) is 32.0 Å². The van der Waals surface area contributed by atoms with Crippen molar-refractivity contribution in [2.75, 3.05) is 13.2 Å². The van der Waals surface area contributed by atoms with E-state index >= 15 is 0 Å². The summed E-state index contributed by atoms with van der Waals surface area (Å²) in [6.07, 6.45) is 1.09. The molecule has 0 spiro atoms. The highest BCUT2D eigenvalue weighted by Gasteiger charge is 2.60. The van der Waals surface area contributed by atoms with Crippen molar-refractivity contribution in [2.24, 2.45) is 5.41 Å². The molecule has 2 atom stereocenters. The van der Waals surface area contributed by atoms with Crippen LogP contribution in [0.2, 0.25) is 0 Å². The number of rotatable bonds is 6. The zero-order chi connectivity index (χ0) is 15.7. The van der Waals surface area contributed by atoms with Crippen LogP contribution in [0.1, 0.15) is 43.9 Å². The van der Waals surface area contributed by atoms with E-state index in [0.29, 0.717) is 0 Å². The Morgan fingerprint density at radius 2 is 2.00 bits per heavy atom. The number of ether oxygens (including phenoxy) is 1. The first kappa shape index (κ1) is 16.5. The Morgan fingerprint density at radius 3 is 2.52 bits per heavy atom. The Bertz CT molecular complexity index is 498. The number of aryl methyl sites for hydroxylation is 2. The van der Waals surface area contributed by atoms with Gasteiger partial charge >= 0.3 is 0 Å². The van der Waals surface area contributed by atoms with Crippen LogP contribution in [0.4, 0.5) is 0 Å². The predicted molar refractivity (Wildman–Crippen MR) is 86.4 cm³/mol. The van der Waals surface area contributed by atoms with Crippen LogP contribution in [0, 0.1) is 19.3 Å². The van der Waals surface area contributed by atoms with Gasteiger partial charge < -0.3 is 15.2 Å². The third-order valence-corrected chi connectivity index (χ3v) is 5.41. The van der Waals surface area contributed by atoms with Crippen molar-refractivity contribution >= 4 is 0 Å². The van der Waals surface area contributed by atoms with E-state index in [9.17, 15) is 5.11 Å². The molecule has 0 unspecified atom stereocenters. The van der Waals surface area contributed by atoms with Gasteiger partial charge in [-0.15, -0.1) is 0 Å². The number of aliphatic hydroxyl groups is 1. The second kappa shape index (κ2) is 6.07. The summed E-state index contributed by atoms with van der Waals surface area (Å²) in [4.78, 5) is 0. The zero-order valence-corrected chi connectivity index (χ0v) is 14.0. The van der Waals surface area contributed by atoms with Gasteiger partial charge in [-0.3, -0.25) is 0 Å². The summed E-state index contributed by atoms with van der Waals surface area (Å²) in [6.45, 7) is 12.3. The molecule has 3 nitrogen and oxygen atoms in total. The van der Waals surface area contributed by atoms with Crippen molar-refractivity contribution in [2.45, 2.75) is 59.2 Å². The average Bonchev–Trinajstić information content (AvgIpc) is 2.45. The fourth-order valence-corrected chi connectivity index (χ4v) is 3.29. The molecule has 21 heavy (non-hydrogen) atoms. The van der Waals surface area contributed by atoms with E-state index in [0.717, 1.165) is 19.6 Å². The number of nitrogens with one attached hydrogen (secondary N) is 1. The van der Waals surface area contributed by atoms with Gasteiger partial charge in [0.2, 0.25) is 0 Å². The molecular formula is C18H29NO2. The molecule has 118 valence electrons. The molecule has 1 aliphatic rings. The van der Waals surface area contributed by atoms with Gasteiger partial charge in [0.15, 0.2) is 0 Å². The van der Waals surface area contributed by atoms with Gasteiger partial charge in [-0.2, -0.15) is 0 Å². The molecule has 1 aromatic rings. The molecule has 0 amide bonds. The maximum absolute atomic E-state index is 9.92. The molecule has 0 aromatic heterocycles. The van der Waals surface area contributed by atoms with Gasteiger partial charge in [-0.05, 0) is 43.9 Å². The zero-order valence-electron chi connectivity index (χ0n) is 14.0. The topological polar surface area (TPSA) is 41.5 Å². The molecular weight excluding hydrogens is 262 g/mol. The molecule has 0 saturated heterocycles. The smallest absolute Gasteiger partial charge is 0.0663 e. The van der Waals surface area contributed by atoms with Crippen LogP contribution in [-0.4, -0.2) is 30.0 Å². The lowest BCUT2D eigenvalue weighted by Gasteiger charge is -2.60. The fourth-order valence-electron chi connectivity index (χ4n) is 3.29. The highest BCUT2D eigenvalue weighted by atomic mass is 16.5. The number of hydrogen-bond acceptors (Lipinski definition) is 3. The van der Waals surface area contributed by atoms with Crippen LogP contribution in [0.3, 0.4) is 0 Å². The second-order valence-corrected chi connectivity index (χ2v) is 6.88. The highest BCUT2D eigenvalue weighted by Crippen LogP contribution is 2.51. The number of benzene rings is 1. The summed E-state index contributed by atoms with van der Waals surface area (Å²) < 4.78 is 5.79. The SMILES string of the molecule is CCO[C@@H]1C[C@](CO)(NCc2ccc(C)c(C)c2)C1(C)C. The van der Waals surface area contributed by atoms with E-state index in [2.05, 4.69) is 51.2 Å². The lowest BCUT2D eigenvalue weighted by atomic mass is 9.54. The van der Waals surface area contributed by atoms with Crippen molar-refractivity contribution in [1.29, 1.82) is 0 Å². The van der Waals surface area contributed by atoms with Gasteiger partial charge in [0, 0.05) is 18.6 Å². The predicted octanol–water partition coefficient (Wildman–Crippen LogP) is 2.96. The largest absolute Gasteiger partial charge is 0.394 e. The Balaban J connectivity index is 2.05. The third-order valence-electron chi connectivity index (χ3n) is 5.41. The molecule has 0 radical (unpaired) electrons. The van der Waals surface area contributed by atoms with E-state index in [4.69, 9.17) is 4.74 Å². The lowest BCUT2D eigenvalue weighted by molar-refractivity contribution is -0.177. The molecule has 0 heterocycles. The van der Waals surface area contributed by atoms with Crippen LogP contribution in [0.15, 0.2) is 18.2 Å². The van der Waals surface area contributed by atoms with Gasteiger partial charge in [0.1, 0.15) is 0 Å². The Kier molecular flexibility index (Phi) is 4.76. The minimum Gasteiger partial charge on any atom is -0.394 e. The molecule has 1 fully saturated rings. The Hall–Kier alpha value is -0.900. The van der Waals surface area contributed by atoms with Crippen LogP contribution >= 0.6 is 0 Å². The summed E-state index contributed by atoms with van der Waals surface area (Å²) in [6, 6.07) is 6.54. The van der Waals surface area contributed by atoms with E-state index < -0.39 is 0 Å². The molecule has 1 aliphatic carbocycles. The maximum atomic E-state index is 9.92. The third kappa shape index (κ3) is 2.87. The molecule has 1 aromatic carbocycles. The van der Waals surface area contributed by atoms with Crippen molar-refractivity contribution in [3.05, 3.63) is 34.9 Å². The summed E-state index contributed by atoms with van der Waals surface area (Å²) in [5, 5.41) is 13.5. The van der Waals surface area contributed by atoms with Crippen molar-refractivity contribution < 1.29 is 9.84 Å².